The monoisotopic (exact) mass is 283 g/mol. The molecule has 0 spiro atoms. The molecule has 0 aromatic carbocycles. The van der Waals surface area contributed by atoms with E-state index in [2.05, 4.69) is 16.8 Å². The van der Waals surface area contributed by atoms with Crippen LogP contribution in [0, 0.1) is 6.92 Å². The lowest BCUT2D eigenvalue weighted by atomic mass is 10.2. The van der Waals surface area contributed by atoms with Gasteiger partial charge in [-0.15, -0.1) is 11.3 Å². The molecule has 1 aliphatic rings. The minimum absolute atomic E-state index is 0.180. The maximum Gasteiger partial charge on any atom is 0.409 e. The van der Waals surface area contributed by atoms with Gasteiger partial charge in [0, 0.05) is 37.6 Å². The smallest absolute Gasteiger partial charge is 0.409 e. The summed E-state index contributed by atoms with van der Waals surface area (Å²) in [5.41, 5.74) is 3.05. The molecule has 0 aliphatic carbocycles. The third kappa shape index (κ3) is 3.91. The van der Waals surface area contributed by atoms with Gasteiger partial charge in [-0.3, -0.25) is 4.90 Å². The number of rotatable bonds is 4. The summed E-state index contributed by atoms with van der Waals surface area (Å²) in [4.78, 5) is 21.4. The van der Waals surface area contributed by atoms with Gasteiger partial charge in [-0.1, -0.05) is 0 Å². The number of thiazole rings is 1. The summed E-state index contributed by atoms with van der Waals surface area (Å²) in [7, 11) is 0. The van der Waals surface area contributed by atoms with Crippen molar-refractivity contribution in [1.29, 1.82) is 0 Å². The van der Waals surface area contributed by atoms with Gasteiger partial charge in [-0.25, -0.2) is 9.78 Å². The molecule has 5 nitrogen and oxygen atoms in total. The van der Waals surface area contributed by atoms with Gasteiger partial charge in [-0.05, 0) is 20.3 Å². The van der Waals surface area contributed by atoms with E-state index in [1.165, 1.54) is 4.88 Å². The largest absolute Gasteiger partial charge is 0.450 e. The molecule has 106 valence electrons. The fourth-order valence-electron chi connectivity index (χ4n) is 2.19. The molecule has 19 heavy (non-hydrogen) atoms. The maximum absolute atomic E-state index is 11.6. The topological polar surface area (TPSA) is 45.7 Å². The molecule has 1 saturated heterocycles. The van der Waals surface area contributed by atoms with E-state index < -0.39 is 0 Å². The highest BCUT2D eigenvalue weighted by Gasteiger charge is 2.21. The zero-order valence-corrected chi connectivity index (χ0v) is 12.4. The number of piperazine rings is 1. The summed E-state index contributed by atoms with van der Waals surface area (Å²) in [6, 6.07) is 0. The van der Waals surface area contributed by atoms with Crippen LogP contribution in [0.4, 0.5) is 4.79 Å². The normalized spacial score (nSPS) is 16.6. The van der Waals surface area contributed by atoms with Crippen molar-refractivity contribution < 1.29 is 9.53 Å². The van der Waals surface area contributed by atoms with Crippen molar-refractivity contribution in [3.63, 3.8) is 0 Å². The van der Waals surface area contributed by atoms with Gasteiger partial charge in [0.1, 0.15) is 0 Å². The number of amides is 1. The molecular formula is C13H21N3O2S. The highest BCUT2D eigenvalue weighted by Crippen LogP contribution is 2.14. The number of aromatic nitrogens is 1. The molecule has 0 atom stereocenters. The molecule has 1 aromatic heterocycles. The summed E-state index contributed by atoms with van der Waals surface area (Å²) in [6.07, 6.45) is 0.871. The second-order valence-electron chi connectivity index (χ2n) is 4.64. The molecule has 0 bridgehead atoms. The SMILES string of the molecule is CCOC(=O)N1CCN(CCc2scnc2C)CC1. The van der Waals surface area contributed by atoms with Gasteiger partial charge in [0.2, 0.25) is 0 Å². The fraction of sp³-hybridized carbons (Fsp3) is 0.692. The average Bonchev–Trinajstić information content (AvgIpc) is 2.83. The van der Waals surface area contributed by atoms with Crippen LogP contribution in [0.1, 0.15) is 17.5 Å². The Labute approximate surface area is 118 Å². The van der Waals surface area contributed by atoms with E-state index in [-0.39, 0.29) is 6.09 Å². The first kappa shape index (κ1) is 14.3. The van der Waals surface area contributed by atoms with E-state index in [0.717, 1.165) is 44.8 Å². The number of hydrogen-bond acceptors (Lipinski definition) is 5. The predicted molar refractivity (Wildman–Crippen MR) is 75.6 cm³/mol. The Morgan fingerprint density at radius 1 is 1.42 bits per heavy atom. The van der Waals surface area contributed by atoms with E-state index in [1.54, 1.807) is 16.2 Å². The van der Waals surface area contributed by atoms with Crippen molar-refractivity contribution >= 4 is 17.4 Å². The molecule has 2 rings (SSSR count). The van der Waals surface area contributed by atoms with E-state index in [4.69, 9.17) is 4.74 Å². The Bertz CT molecular complexity index is 414. The van der Waals surface area contributed by atoms with Crippen LogP contribution in [0.5, 0.6) is 0 Å². The second kappa shape index (κ2) is 6.86. The highest BCUT2D eigenvalue weighted by atomic mass is 32.1. The molecule has 1 fully saturated rings. The van der Waals surface area contributed by atoms with Crippen LogP contribution in [0.25, 0.3) is 0 Å². The van der Waals surface area contributed by atoms with Crippen LogP contribution in [0.2, 0.25) is 0 Å². The van der Waals surface area contributed by atoms with Crippen LogP contribution < -0.4 is 0 Å². The van der Waals surface area contributed by atoms with Crippen molar-refractivity contribution in [3.8, 4) is 0 Å². The maximum atomic E-state index is 11.6. The van der Waals surface area contributed by atoms with Crippen molar-refractivity contribution in [2.45, 2.75) is 20.3 Å². The molecule has 1 aromatic rings. The summed E-state index contributed by atoms with van der Waals surface area (Å²) >= 11 is 1.73. The molecule has 2 heterocycles. The molecule has 0 saturated carbocycles. The molecular weight excluding hydrogens is 262 g/mol. The quantitative estimate of drug-likeness (QED) is 0.845. The Kier molecular flexibility index (Phi) is 5.15. The van der Waals surface area contributed by atoms with Gasteiger partial charge in [0.15, 0.2) is 0 Å². The zero-order chi connectivity index (χ0) is 13.7. The summed E-state index contributed by atoms with van der Waals surface area (Å²) < 4.78 is 5.01. The molecule has 0 N–H and O–H groups in total. The van der Waals surface area contributed by atoms with E-state index in [1.807, 2.05) is 12.4 Å². The lowest BCUT2D eigenvalue weighted by molar-refractivity contribution is 0.0800. The first-order valence-electron chi connectivity index (χ1n) is 6.73. The van der Waals surface area contributed by atoms with Gasteiger partial charge >= 0.3 is 6.09 Å². The van der Waals surface area contributed by atoms with Crippen LogP contribution in [0.3, 0.4) is 0 Å². The van der Waals surface area contributed by atoms with Crippen LogP contribution >= 0.6 is 11.3 Å². The fourth-order valence-corrected chi connectivity index (χ4v) is 2.97. The second-order valence-corrected chi connectivity index (χ2v) is 5.58. The van der Waals surface area contributed by atoms with Crippen LogP contribution in [-0.4, -0.2) is 60.2 Å². The predicted octanol–water partition coefficient (Wildman–Crippen LogP) is 1.77. The first-order chi connectivity index (χ1) is 9.20. The van der Waals surface area contributed by atoms with Gasteiger partial charge in [0.25, 0.3) is 0 Å². The Balaban J connectivity index is 1.72. The van der Waals surface area contributed by atoms with Gasteiger partial charge in [-0.2, -0.15) is 0 Å². The first-order valence-corrected chi connectivity index (χ1v) is 7.61. The van der Waals surface area contributed by atoms with Crippen molar-refractivity contribution in [3.05, 3.63) is 16.1 Å². The van der Waals surface area contributed by atoms with E-state index in [9.17, 15) is 4.79 Å². The van der Waals surface area contributed by atoms with E-state index in [0.29, 0.717) is 6.61 Å². The number of carbonyl (C=O) groups is 1. The van der Waals surface area contributed by atoms with Gasteiger partial charge in [0.05, 0.1) is 17.8 Å². The number of nitrogens with zero attached hydrogens (tertiary/aromatic N) is 3. The standard InChI is InChI=1S/C13H21N3O2S/c1-3-18-13(17)16-8-6-15(7-9-16)5-4-12-11(2)14-10-19-12/h10H,3-9H2,1-2H3. The molecule has 1 amide bonds. The lowest BCUT2D eigenvalue weighted by Crippen LogP contribution is -2.49. The van der Waals surface area contributed by atoms with Crippen molar-refractivity contribution in [2.24, 2.45) is 0 Å². The van der Waals surface area contributed by atoms with Crippen molar-refractivity contribution in [1.82, 2.24) is 14.8 Å². The summed E-state index contributed by atoms with van der Waals surface area (Å²) in [5, 5.41) is 0. The van der Waals surface area contributed by atoms with Crippen LogP contribution in [-0.2, 0) is 11.2 Å². The van der Waals surface area contributed by atoms with Crippen molar-refractivity contribution in [2.75, 3.05) is 39.3 Å². The number of ether oxygens (including phenoxy) is 1. The average molecular weight is 283 g/mol. The summed E-state index contributed by atoms with van der Waals surface area (Å²) in [6.45, 7) is 8.77. The number of aryl methyl sites for hydroxylation is 1. The number of hydrogen-bond donors (Lipinski definition) is 0. The number of carbonyl (C=O) groups excluding carboxylic acids is 1. The molecule has 6 heteroatoms. The van der Waals surface area contributed by atoms with E-state index >= 15 is 0 Å². The summed E-state index contributed by atoms with van der Waals surface area (Å²) in [5.74, 6) is 0. The minimum atomic E-state index is -0.180. The van der Waals surface area contributed by atoms with Gasteiger partial charge < -0.3 is 9.64 Å². The molecule has 0 radical (unpaired) electrons. The highest BCUT2D eigenvalue weighted by molar-refractivity contribution is 7.09. The lowest BCUT2D eigenvalue weighted by Gasteiger charge is -2.33. The Morgan fingerprint density at radius 3 is 2.74 bits per heavy atom. The minimum Gasteiger partial charge on any atom is -0.450 e. The molecule has 1 aliphatic heterocycles. The Hall–Kier alpha value is -1.14. The molecule has 0 unspecified atom stereocenters. The van der Waals surface area contributed by atoms with Crippen LogP contribution in [0.15, 0.2) is 5.51 Å². The zero-order valence-electron chi connectivity index (χ0n) is 11.6. The Morgan fingerprint density at radius 2 is 2.16 bits per heavy atom. The third-order valence-electron chi connectivity index (χ3n) is 3.40. The third-order valence-corrected chi connectivity index (χ3v) is 4.39.